The summed E-state index contributed by atoms with van der Waals surface area (Å²) in [6.07, 6.45) is 2.50. The molecule has 30 heavy (non-hydrogen) atoms. The molecule has 2 aliphatic rings. The van der Waals surface area contributed by atoms with Crippen molar-refractivity contribution in [3.05, 3.63) is 17.6 Å². The van der Waals surface area contributed by atoms with E-state index < -0.39 is 21.5 Å². The number of carbonyl (C=O) groups is 2. The van der Waals surface area contributed by atoms with Gasteiger partial charge in [-0.25, -0.2) is 13.2 Å². The second kappa shape index (κ2) is 8.58. The van der Waals surface area contributed by atoms with Crippen molar-refractivity contribution in [2.45, 2.75) is 69.9 Å². The van der Waals surface area contributed by atoms with E-state index in [1.54, 1.807) is 11.8 Å². The first-order chi connectivity index (χ1) is 14.0. The van der Waals surface area contributed by atoms with Gasteiger partial charge in [-0.3, -0.25) is 4.79 Å². The minimum Gasteiger partial charge on any atom is -0.455 e. The van der Waals surface area contributed by atoms with Crippen molar-refractivity contribution >= 4 is 22.0 Å². The first kappa shape index (κ1) is 22.6. The molecule has 0 spiro atoms. The molecule has 0 aromatic carbocycles. The highest BCUT2D eigenvalue weighted by molar-refractivity contribution is 7.89. The first-order valence-corrected chi connectivity index (χ1v) is 11.8. The molecule has 0 unspecified atom stereocenters. The number of piperidine rings is 1. The standard InChI is InChI=1S/C20H31N3O6S/c1-14-17(30(26,27)23-9-5-6-10-23)13-16(28-14)18(24)21-15-7-11-22(12-8-15)19(25)29-20(2,3)4/h13,15H,5-12H2,1-4H3,(H,21,24). The lowest BCUT2D eigenvalue weighted by Gasteiger charge is -2.33. The maximum absolute atomic E-state index is 12.8. The van der Waals surface area contributed by atoms with Gasteiger partial charge in [0.1, 0.15) is 16.3 Å². The van der Waals surface area contributed by atoms with Crippen LogP contribution in [0.25, 0.3) is 0 Å². The van der Waals surface area contributed by atoms with E-state index in [9.17, 15) is 18.0 Å². The van der Waals surface area contributed by atoms with E-state index in [1.807, 2.05) is 20.8 Å². The average Bonchev–Trinajstić information content (AvgIpc) is 3.31. The molecule has 1 N–H and O–H groups in total. The Balaban J connectivity index is 1.58. The number of rotatable bonds is 4. The second-order valence-electron chi connectivity index (χ2n) is 8.86. The molecule has 2 aliphatic heterocycles. The summed E-state index contributed by atoms with van der Waals surface area (Å²) in [6.45, 7) is 8.95. The molecule has 10 heteroatoms. The van der Waals surface area contributed by atoms with Gasteiger partial charge < -0.3 is 19.4 Å². The van der Waals surface area contributed by atoms with Gasteiger partial charge in [-0.2, -0.15) is 4.31 Å². The van der Waals surface area contributed by atoms with Crippen molar-refractivity contribution in [1.82, 2.24) is 14.5 Å². The van der Waals surface area contributed by atoms with Crippen molar-refractivity contribution in [2.75, 3.05) is 26.2 Å². The topological polar surface area (TPSA) is 109 Å². The molecule has 3 heterocycles. The summed E-state index contributed by atoms with van der Waals surface area (Å²) < 4.78 is 37.8. The van der Waals surface area contributed by atoms with Crippen LogP contribution >= 0.6 is 0 Å². The fourth-order valence-corrected chi connectivity index (χ4v) is 5.37. The highest BCUT2D eigenvalue weighted by Crippen LogP contribution is 2.26. The number of amides is 2. The SMILES string of the molecule is Cc1oc(C(=O)NC2CCN(C(=O)OC(C)(C)C)CC2)cc1S(=O)(=O)N1CCCC1. The summed E-state index contributed by atoms with van der Waals surface area (Å²) in [5.41, 5.74) is -0.549. The van der Waals surface area contributed by atoms with Crippen LogP contribution in [0.3, 0.4) is 0 Å². The first-order valence-electron chi connectivity index (χ1n) is 10.4. The van der Waals surface area contributed by atoms with Gasteiger partial charge in [0.15, 0.2) is 5.76 Å². The van der Waals surface area contributed by atoms with Crippen molar-refractivity contribution < 1.29 is 27.2 Å². The minimum absolute atomic E-state index is 0.0140. The Hall–Kier alpha value is -2.07. The van der Waals surface area contributed by atoms with Crippen LogP contribution in [0.5, 0.6) is 0 Å². The van der Waals surface area contributed by atoms with Gasteiger partial charge in [0, 0.05) is 38.3 Å². The summed E-state index contributed by atoms with van der Waals surface area (Å²) in [4.78, 5) is 26.4. The van der Waals surface area contributed by atoms with Gasteiger partial charge >= 0.3 is 6.09 Å². The van der Waals surface area contributed by atoms with Crippen LogP contribution in [-0.2, 0) is 14.8 Å². The number of nitrogens with one attached hydrogen (secondary N) is 1. The van der Waals surface area contributed by atoms with Crippen molar-refractivity contribution in [3.8, 4) is 0 Å². The maximum Gasteiger partial charge on any atom is 0.410 e. The molecule has 0 bridgehead atoms. The third-order valence-electron chi connectivity index (χ3n) is 5.26. The molecule has 0 saturated carbocycles. The molecule has 0 atom stereocenters. The van der Waals surface area contributed by atoms with Gasteiger partial charge in [-0.15, -0.1) is 0 Å². The van der Waals surface area contributed by atoms with Crippen LogP contribution in [0.15, 0.2) is 15.4 Å². The second-order valence-corrected chi connectivity index (χ2v) is 10.8. The molecular weight excluding hydrogens is 410 g/mol. The summed E-state index contributed by atoms with van der Waals surface area (Å²) in [7, 11) is -3.65. The number of hydrogen-bond acceptors (Lipinski definition) is 6. The van der Waals surface area contributed by atoms with E-state index in [2.05, 4.69) is 5.32 Å². The van der Waals surface area contributed by atoms with Crippen molar-refractivity contribution in [2.24, 2.45) is 0 Å². The fourth-order valence-electron chi connectivity index (χ4n) is 3.69. The molecule has 9 nitrogen and oxygen atoms in total. The molecule has 1 aromatic heterocycles. The molecule has 3 rings (SSSR count). The van der Waals surface area contributed by atoms with Crippen molar-refractivity contribution in [3.63, 3.8) is 0 Å². The van der Waals surface area contributed by atoms with Gasteiger partial charge in [-0.1, -0.05) is 0 Å². The van der Waals surface area contributed by atoms with Gasteiger partial charge in [-0.05, 0) is 53.4 Å². The lowest BCUT2D eigenvalue weighted by atomic mass is 10.1. The number of hydrogen-bond donors (Lipinski definition) is 1. The Kier molecular flexibility index (Phi) is 6.47. The van der Waals surface area contributed by atoms with E-state index >= 15 is 0 Å². The highest BCUT2D eigenvalue weighted by atomic mass is 32.2. The summed E-state index contributed by atoms with van der Waals surface area (Å²) in [5, 5.41) is 2.88. The van der Waals surface area contributed by atoms with Crippen molar-refractivity contribution in [1.29, 1.82) is 0 Å². The predicted octanol–water partition coefficient (Wildman–Crippen LogP) is 2.50. The number of likely N-dealkylation sites (tertiary alicyclic amines) is 1. The van der Waals surface area contributed by atoms with Crippen LogP contribution < -0.4 is 5.32 Å². The largest absolute Gasteiger partial charge is 0.455 e. The van der Waals surface area contributed by atoms with Gasteiger partial charge in [0.05, 0.1) is 0 Å². The Labute approximate surface area is 177 Å². The number of carbonyl (C=O) groups excluding carboxylic acids is 2. The van der Waals surface area contributed by atoms with E-state index in [0.717, 1.165) is 12.8 Å². The van der Waals surface area contributed by atoms with Gasteiger partial charge in [0.25, 0.3) is 5.91 Å². The Morgan fingerprint density at radius 3 is 2.30 bits per heavy atom. The molecule has 2 saturated heterocycles. The number of sulfonamides is 1. The third kappa shape index (κ3) is 5.15. The average molecular weight is 442 g/mol. The minimum atomic E-state index is -3.65. The van der Waals surface area contributed by atoms with E-state index in [-0.39, 0.29) is 28.6 Å². The smallest absolute Gasteiger partial charge is 0.410 e. The number of ether oxygens (including phenoxy) is 1. The van der Waals surface area contributed by atoms with E-state index in [1.165, 1.54) is 10.4 Å². The lowest BCUT2D eigenvalue weighted by molar-refractivity contribution is 0.0199. The van der Waals surface area contributed by atoms with Crippen LogP contribution in [-0.4, -0.2) is 67.4 Å². The molecule has 1 aromatic rings. The Morgan fingerprint density at radius 2 is 1.73 bits per heavy atom. The molecular formula is C20H31N3O6S. The van der Waals surface area contributed by atoms with Crippen LogP contribution in [0.4, 0.5) is 4.79 Å². The highest BCUT2D eigenvalue weighted by Gasteiger charge is 2.33. The molecule has 0 aliphatic carbocycles. The third-order valence-corrected chi connectivity index (χ3v) is 7.27. The number of furan rings is 1. The van der Waals surface area contributed by atoms with Crippen LogP contribution in [0, 0.1) is 6.92 Å². The van der Waals surface area contributed by atoms with E-state index in [4.69, 9.17) is 9.15 Å². The zero-order valence-corrected chi connectivity index (χ0v) is 18.9. The lowest BCUT2D eigenvalue weighted by Crippen LogP contribution is -2.47. The quantitative estimate of drug-likeness (QED) is 0.769. The predicted molar refractivity (Wildman–Crippen MR) is 110 cm³/mol. The summed E-state index contributed by atoms with van der Waals surface area (Å²) >= 11 is 0. The number of aryl methyl sites for hydroxylation is 1. The zero-order chi connectivity index (χ0) is 22.1. The molecule has 0 radical (unpaired) electrons. The monoisotopic (exact) mass is 441 g/mol. The van der Waals surface area contributed by atoms with Crippen LogP contribution in [0.2, 0.25) is 0 Å². The van der Waals surface area contributed by atoms with Crippen LogP contribution in [0.1, 0.15) is 62.8 Å². The molecule has 168 valence electrons. The number of nitrogens with zero attached hydrogens (tertiary/aromatic N) is 2. The van der Waals surface area contributed by atoms with E-state index in [0.29, 0.717) is 39.0 Å². The van der Waals surface area contributed by atoms with Gasteiger partial charge in [0.2, 0.25) is 10.0 Å². The normalized spacial score (nSPS) is 19.1. The Bertz CT molecular complexity index is 888. The fraction of sp³-hybridized carbons (Fsp3) is 0.700. The zero-order valence-electron chi connectivity index (χ0n) is 18.1. The Morgan fingerprint density at radius 1 is 1.13 bits per heavy atom. The summed E-state index contributed by atoms with van der Waals surface area (Å²) in [5.74, 6) is -0.247. The molecule has 2 fully saturated rings. The maximum atomic E-state index is 12.8. The summed E-state index contributed by atoms with van der Waals surface area (Å²) in [6, 6.07) is 1.19. The molecule has 2 amide bonds.